The number of likely N-dealkylation sites (N-methyl/N-ethyl adjacent to an activating group) is 1. The lowest BCUT2D eigenvalue weighted by Gasteiger charge is -2.27. The number of amides is 1. The summed E-state index contributed by atoms with van der Waals surface area (Å²) in [4.78, 5) is 13.0. The number of sulfone groups is 1. The van der Waals surface area contributed by atoms with Crippen LogP contribution in [0, 0.1) is 0 Å². The molecule has 0 aliphatic carbocycles. The Morgan fingerprint density at radius 1 is 0.796 bits per heavy atom. The van der Waals surface area contributed by atoms with Crippen molar-refractivity contribution in [1.82, 2.24) is 10.2 Å². The van der Waals surface area contributed by atoms with Gasteiger partial charge in [0, 0.05) is 36.8 Å². The van der Waals surface area contributed by atoms with Crippen LogP contribution in [0.4, 0.5) is 4.79 Å². The van der Waals surface area contributed by atoms with Gasteiger partial charge in [-0.1, -0.05) is 70.2 Å². The maximum atomic E-state index is 12.3. The molecule has 0 aliphatic rings. The van der Waals surface area contributed by atoms with Crippen LogP contribution in [0.3, 0.4) is 0 Å². The van der Waals surface area contributed by atoms with Gasteiger partial charge in [-0.05, 0) is 94.7 Å². The van der Waals surface area contributed by atoms with E-state index in [-0.39, 0.29) is 16.9 Å². The largest absolute Gasteiger partial charge is 0.492 e. The minimum atomic E-state index is -3.38. The second-order valence-corrected chi connectivity index (χ2v) is 16.0. The van der Waals surface area contributed by atoms with Gasteiger partial charge in [0.05, 0.1) is 18.1 Å². The van der Waals surface area contributed by atoms with E-state index in [1.165, 1.54) is 6.26 Å². The zero-order chi connectivity index (χ0) is 38.7. The normalized spacial score (nSPS) is 11.8. The van der Waals surface area contributed by atoms with Crippen LogP contribution in [0.15, 0.2) is 108 Å². The second-order valence-electron chi connectivity index (χ2n) is 14.0. The van der Waals surface area contributed by atoms with Gasteiger partial charge >= 0.3 is 6.09 Å². The number of hydrogen-bond acceptors (Lipinski definition) is 8. The third-order valence-corrected chi connectivity index (χ3v) is 10.1. The number of fused-ring (bicyclic) bond motifs is 1. The van der Waals surface area contributed by atoms with Gasteiger partial charge in [0.2, 0.25) is 0 Å². The molecule has 54 heavy (non-hydrogen) atoms. The number of rotatable bonds is 18. The zero-order valence-electron chi connectivity index (χ0n) is 31.6. The van der Waals surface area contributed by atoms with Crippen molar-refractivity contribution in [2.75, 3.05) is 52.3 Å². The van der Waals surface area contributed by atoms with Crippen LogP contribution in [0.25, 0.3) is 21.9 Å². The van der Waals surface area contributed by atoms with Gasteiger partial charge in [0.15, 0.2) is 9.84 Å². The molecule has 11 heteroatoms. The zero-order valence-corrected chi connectivity index (χ0v) is 32.4. The lowest BCUT2D eigenvalue weighted by Crippen LogP contribution is -2.32. The number of carboxylic acid groups (broad SMARTS) is 1. The van der Waals surface area contributed by atoms with Crippen molar-refractivity contribution in [2.45, 2.75) is 44.6 Å². The highest BCUT2D eigenvalue weighted by Crippen LogP contribution is 2.47. The molecule has 5 aromatic rings. The van der Waals surface area contributed by atoms with Crippen molar-refractivity contribution >= 4 is 26.7 Å². The Morgan fingerprint density at radius 2 is 1.46 bits per heavy atom. The lowest BCUT2D eigenvalue weighted by molar-refractivity contribution is 0.100. The lowest BCUT2D eigenvalue weighted by atomic mass is 9.80. The molecule has 0 heterocycles. The Morgan fingerprint density at radius 3 is 2.11 bits per heavy atom. The van der Waals surface area contributed by atoms with Crippen molar-refractivity contribution in [3.63, 3.8) is 0 Å². The van der Waals surface area contributed by atoms with E-state index >= 15 is 0 Å². The highest BCUT2D eigenvalue weighted by atomic mass is 32.2. The van der Waals surface area contributed by atoms with Crippen molar-refractivity contribution in [1.29, 1.82) is 0 Å². The maximum absolute atomic E-state index is 12.3. The van der Waals surface area contributed by atoms with E-state index in [0.717, 1.165) is 45.3 Å². The predicted molar refractivity (Wildman–Crippen MR) is 213 cm³/mol. The molecule has 0 spiro atoms. The average Bonchev–Trinajstić information content (AvgIpc) is 3.14. The van der Waals surface area contributed by atoms with Crippen LogP contribution >= 0.6 is 0 Å². The summed E-state index contributed by atoms with van der Waals surface area (Å²) < 4.78 is 49.3. The standard InChI is InChI=1S/C43H50N2O8S/c1-6-45(23-26-50-25-22-44-42(46)47)24-27-51-34-14-16-35(17-15-34)53-41-38-21-18-36(52-30-31-10-8-7-9-11-31)28-33(38)29-39(43(2,3)4)40(41)32-12-19-37(20-13-32)54(5,48)49/h7-21,28-29,44H,6,22-27,30H2,1-5H3,(H,46,47). The fourth-order valence-corrected chi connectivity index (χ4v) is 6.63. The summed E-state index contributed by atoms with van der Waals surface area (Å²) in [7, 11) is -3.38. The van der Waals surface area contributed by atoms with Crippen molar-refractivity contribution in [3.8, 4) is 34.1 Å². The van der Waals surface area contributed by atoms with Crippen molar-refractivity contribution in [3.05, 3.63) is 114 Å². The molecule has 0 fully saturated rings. The van der Waals surface area contributed by atoms with Crippen LogP contribution in [0.2, 0.25) is 0 Å². The first kappa shape index (κ1) is 40.1. The Kier molecular flexibility index (Phi) is 13.6. The van der Waals surface area contributed by atoms with Crippen LogP contribution in [-0.2, 0) is 26.6 Å². The second kappa shape index (κ2) is 18.3. The van der Waals surface area contributed by atoms with E-state index < -0.39 is 15.9 Å². The van der Waals surface area contributed by atoms with Crippen LogP contribution < -0.4 is 19.5 Å². The number of nitrogens with zero attached hydrogens (tertiary/aromatic N) is 1. The van der Waals surface area contributed by atoms with Crippen LogP contribution in [0.1, 0.15) is 38.8 Å². The summed E-state index contributed by atoms with van der Waals surface area (Å²) in [5, 5.41) is 12.8. The Bertz CT molecular complexity index is 2100. The number of ether oxygens (including phenoxy) is 4. The van der Waals surface area contributed by atoms with Gasteiger partial charge in [-0.25, -0.2) is 13.2 Å². The summed E-state index contributed by atoms with van der Waals surface area (Å²) in [5.74, 6) is 2.73. The van der Waals surface area contributed by atoms with Gasteiger partial charge in [-0.2, -0.15) is 0 Å². The van der Waals surface area contributed by atoms with Crippen LogP contribution in [-0.4, -0.2) is 76.8 Å². The molecule has 5 aromatic carbocycles. The molecule has 2 N–H and O–H groups in total. The molecule has 1 amide bonds. The molecule has 0 bridgehead atoms. The fraction of sp³-hybridized carbons (Fsp3) is 0.326. The Hall–Kier alpha value is -5.10. The van der Waals surface area contributed by atoms with Crippen LogP contribution in [0.5, 0.6) is 23.0 Å². The summed E-state index contributed by atoms with van der Waals surface area (Å²) in [6, 6.07) is 32.7. The Labute approximate surface area is 318 Å². The molecule has 0 saturated carbocycles. The molecule has 286 valence electrons. The van der Waals surface area contributed by atoms with Gasteiger partial charge in [-0.3, -0.25) is 4.90 Å². The van der Waals surface area contributed by atoms with Gasteiger partial charge in [0.25, 0.3) is 0 Å². The third kappa shape index (κ3) is 11.2. The van der Waals surface area contributed by atoms with Crippen molar-refractivity contribution < 1.29 is 37.3 Å². The van der Waals surface area contributed by atoms with E-state index in [2.05, 4.69) is 44.0 Å². The molecule has 0 aromatic heterocycles. The molecular weight excluding hydrogens is 705 g/mol. The Balaban J connectivity index is 1.39. The molecule has 10 nitrogen and oxygen atoms in total. The number of carbonyl (C=O) groups is 1. The van der Waals surface area contributed by atoms with E-state index in [1.807, 2.05) is 84.9 Å². The predicted octanol–water partition coefficient (Wildman–Crippen LogP) is 8.56. The van der Waals surface area contributed by atoms with Gasteiger partial charge in [-0.15, -0.1) is 0 Å². The molecule has 0 atom stereocenters. The average molecular weight is 755 g/mol. The molecule has 0 aliphatic heterocycles. The summed E-state index contributed by atoms with van der Waals surface area (Å²) >= 11 is 0. The van der Waals surface area contributed by atoms with E-state index in [1.54, 1.807) is 12.1 Å². The summed E-state index contributed by atoms with van der Waals surface area (Å²) in [6.45, 7) is 12.8. The summed E-state index contributed by atoms with van der Waals surface area (Å²) in [5.41, 5.74) is 3.55. The topological polar surface area (TPSA) is 124 Å². The third-order valence-electron chi connectivity index (χ3n) is 8.93. The number of nitrogens with one attached hydrogen (secondary N) is 1. The molecule has 0 saturated heterocycles. The van der Waals surface area contributed by atoms with Crippen molar-refractivity contribution in [2.24, 2.45) is 0 Å². The molecule has 5 rings (SSSR count). The van der Waals surface area contributed by atoms with E-state index in [4.69, 9.17) is 24.1 Å². The van der Waals surface area contributed by atoms with Gasteiger partial charge < -0.3 is 29.4 Å². The first-order valence-electron chi connectivity index (χ1n) is 18.1. The summed E-state index contributed by atoms with van der Waals surface area (Å²) in [6.07, 6.45) is 0.150. The highest BCUT2D eigenvalue weighted by molar-refractivity contribution is 7.90. The molecule has 0 radical (unpaired) electrons. The first-order chi connectivity index (χ1) is 25.8. The monoisotopic (exact) mass is 754 g/mol. The maximum Gasteiger partial charge on any atom is 0.404 e. The number of benzene rings is 5. The SMILES string of the molecule is CCN(CCOCCNC(=O)O)CCOc1ccc(Oc2c(-c3ccc(S(C)(=O)=O)cc3)c(C(C)(C)C)cc3cc(OCc4ccccc4)ccc23)cc1. The van der Waals surface area contributed by atoms with E-state index in [9.17, 15) is 13.2 Å². The highest BCUT2D eigenvalue weighted by Gasteiger charge is 2.26. The minimum absolute atomic E-state index is 0.253. The smallest absolute Gasteiger partial charge is 0.404 e. The van der Waals surface area contributed by atoms with E-state index in [0.29, 0.717) is 56.8 Å². The quantitative estimate of drug-likeness (QED) is 0.0847. The van der Waals surface area contributed by atoms with Gasteiger partial charge in [0.1, 0.15) is 36.2 Å². The fourth-order valence-electron chi connectivity index (χ4n) is 6.00. The first-order valence-corrected chi connectivity index (χ1v) is 20.0. The molecule has 0 unspecified atom stereocenters. The minimum Gasteiger partial charge on any atom is -0.492 e. The number of hydrogen-bond donors (Lipinski definition) is 2. The molecular formula is C43H50N2O8S.